The molecule has 0 fully saturated rings. The molecular weight excluding hydrogens is 510 g/mol. The van der Waals surface area contributed by atoms with E-state index in [4.69, 9.17) is 4.74 Å². The number of amides is 3. The Kier molecular flexibility index (Phi) is 6.91. The number of thiophene rings is 1. The van der Waals surface area contributed by atoms with Crippen LogP contribution in [0.2, 0.25) is 0 Å². The summed E-state index contributed by atoms with van der Waals surface area (Å²) in [6.45, 7) is 9.20. The monoisotopic (exact) mass is 541 g/mol. The van der Waals surface area contributed by atoms with Gasteiger partial charge in [0.2, 0.25) is 0 Å². The summed E-state index contributed by atoms with van der Waals surface area (Å²) in [6, 6.07) is 18.3. The molecule has 0 saturated carbocycles. The zero-order chi connectivity index (χ0) is 27.9. The van der Waals surface area contributed by atoms with Crippen molar-refractivity contribution >= 4 is 45.0 Å². The van der Waals surface area contributed by atoms with Gasteiger partial charge >= 0.3 is 6.09 Å². The molecule has 2 atom stereocenters. The second-order valence-electron chi connectivity index (χ2n) is 10.8. The van der Waals surface area contributed by atoms with E-state index in [1.54, 1.807) is 26.8 Å². The zero-order valence-corrected chi connectivity index (χ0v) is 23.4. The fourth-order valence-corrected chi connectivity index (χ4v) is 5.80. The Morgan fingerprint density at radius 2 is 1.77 bits per heavy atom. The third-order valence-corrected chi connectivity index (χ3v) is 7.68. The minimum Gasteiger partial charge on any atom is -0.444 e. The van der Waals surface area contributed by atoms with Crippen molar-refractivity contribution in [2.75, 3.05) is 5.32 Å². The van der Waals surface area contributed by atoms with Crippen molar-refractivity contribution < 1.29 is 19.1 Å². The number of hydrogen-bond acceptors (Lipinski definition) is 5. The van der Waals surface area contributed by atoms with Gasteiger partial charge in [0.15, 0.2) is 0 Å². The predicted molar refractivity (Wildman–Crippen MR) is 154 cm³/mol. The first kappa shape index (κ1) is 26.4. The Labute approximate surface area is 231 Å². The van der Waals surface area contributed by atoms with Crippen molar-refractivity contribution in [3.05, 3.63) is 99.4 Å². The van der Waals surface area contributed by atoms with Gasteiger partial charge < -0.3 is 20.7 Å². The molecule has 0 aliphatic carbocycles. The third kappa shape index (κ3) is 5.38. The van der Waals surface area contributed by atoms with Crippen LogP contribution in [0.3, 0.4) is 0 Å². The smallest absolute Gasteiger partial charge is 0.408 e. The SMILES string of the molecule is Cc1ccccc1C1NC(=O)c2cc([C@@H](C)NC(=O)OC(C)(C)C)cc(NC(=O)c3csc4ccccc34)c21. The lowest BCUT2D eigenvalue weighted by Crippen LogP contribution is -2.34. The van der Waals surface area contributed by atoms with Crippen LogP contribution in [0.5, 0.6) is 0 Å². The molecule has 1 unspecified atom stereocenters. The van der Waals surface area contributed by atoms with Crippen LogP contribution in [0, 0.1) is 6.92 Å². The quantitative estimate of drug-likeness (QED) is 0.257. The van der Waals surface area contributed by atoms with Crippen LogP contribution in [0.4, 0.5) is 10.5 Å². The number of ether oxygens (including phenoxy) is 1. The average Bonchev–Trinajstić information content (AvgIpc) is 3.44. The van der Waals surface area contributed by atoms with Gasteiger partial charge in [0.05, 0.1) is 17.6 Å². The van der Waals surface area contributed by atoms with Gasteiger partial charge in [-0.1, -0.05) is 42.5 Å². The summed E-state index contributed by atoms with van der Waals surface area (Å²) in [6.07, 6.45) is -0.562. The molecule has 2 heterocycles. The fourth-order valence-electron chi connectivity index (χ4n) is 4.86. The first-order valence-corrected chi connectivity index (χ1v) is 13.7. The molecule has 1 aliphatic rings. The van der Waals surface area contributed by atoms with Crippen molar-refractivity contribution in [2.24, 2.45) is 0 Å². The number of benzene rings is 3. The Morgan fingerprint density at radius 1 is 1.05 bits per heavy atom. The predicted octanol–water partition coefficient (Wildman–Crippen LogP) is 6.88. The molecule has 200 valence electrons. The highest BCUT2D eigenvalue weighted by atomic mass is 32.1. The first-order valence-electron chi connectivity index (χ1n) is 12.8. The normalized spacial score (nSPS) is 15.4. The maximum Gasteiger partial charge on any atom is 0.408 e. The number of carbonyl (C=O) groups excluding carboxylic acids is 3. The van der Waals surface area contributed by atoms with Crippen LogP contribution in [-0.2, 0) is 4.74 Å². The molecule has 4 aromatic rings. The van der Waals surface area contributed by atoms with E-state index < -0.39 is 23.8 Å². The number of alkyl carbamates (subject to hydrolysis) is 1. The van der Waals surface area contributed by atoms with Gasteiger partial charge in [-0.25, -0.2) is 4.79 Å². The van der Waals surface area contributed by atoms with E-state index in [-0.39, 0.29) is 11.8 Å². The van der Waals surface area contributed by atoms with Crippen molar-refractivity contribution in [1.82, 2.24) is 10.6 Å². The molecule has 7 nitrogen and oxygen atoms in total. The van der Waals surface area contributed by atoms with E-state index in [2.05, 4.69) is 16.0 Å². The second-order valence-corrected chi connectivity index (χ2v) is 11.7. The summed E-state index contributed by atoms with van der Waals surface area (Å²) < 4.78 is 6.44. The van der Waals surface area contributed by atoms with E-state index in [1.165, 1.54) is 11.3 Å². The Morgan fingerprint density at radius 3 is 2.51 bits per heavy atom. The number of rotatable bonds is 5. The van der Waals surface area contributed by atoms with Gasteiger partial charge in [-0.15, -0.1) is 11.3 Å². The summed E-state index contributed by atoms with van der Waals surface area (Å²) in [4.78, 5) is 39.3. The molecule has 0 bridgehead atoms. The number of hydrogen-bond donors (Lipinski definition) is 3. The van der Waals surface area contributed by atoms with E-state index in [0.717, 1.165) is 21.2 Å². The standard InChI is InChI=1S/C31H31N3O4S/c1-17-10-6-7-11-20(17)27-26-22(28(35)34-27)14-19(18(2)32-30(37)38-31(3,4)5)15-24(26)33-29(36)23-16-39-25-13-9-8-12-21(23)25/h6-16,18,27H,1-5H3,(H,32,37)(H,33,36)(H,34,35)/t18-,27?/m1/s1. The molecular formula is C31H31N3O4S. The Balaban J connectivity index is 1.57. The molecule has 3 N–H and O–H groups in total. The van der Waals surface area contributed by atoms with Crippen molar-refractivity contribution in [3.63, 3.8) is 0 Å². The van der Waals surface area contributed by atoms with Gasteiger partial charge in [-0.3, -0.25) is 9.59 Å². The van der Waals surface area contributed by atoms with Gasteiger partial charge in [0, 0.05) is 32.3 Å². The molecule has 5 rings (SSSR count). The summed E-state index contributed by atoms with van der Waals surface area (Å²) in [7, 11) is 0. The molecule has 3 amide bonds. The van der Waals surface area contributed by atoms with E-state index in [1.807, 2.05) is 73.8 Å². The molecule has 3 aromatic carbocycles. The average molecular weight is 542 g/mol. The van der Waals surface area contributed by atoms with E-state index >= 15 is 0 Å². The molecule has 1 aliphatic heterocycles. The van der Waals surface area contributed by atoms with Crippen LogP contribution in [0.1, 0.15) is 82.7 Å². The maximum atomic E-state index is 13.6. The molecule has 39 heavy (non-hydrogen) atoms. The van der Waals surface area contributed by atoms with Gasteiger partial charge in [-0.05, 0) is 69.5 Å². The van der Waals surface area contributed by atoms with Gasteiger partial charge in [0.1, 0.15) is 5.60 Å². The number of nitrogens with one attached hydrogen (secondary N) is 3. The van der Waals surface area contributed by atoms with Crippen LogP contribution >= 0.6 is 11.3 Å². The van der Waals surface area contributed by atoms with Crippen LogP contribution in [0.25, 0.3) is 10.1 Å². The molecule has 8 heteroatoms. The minimum atomic E-state index is -0.648. The zero-order valence-electron chi connectivity index (χ0n) is 22.5. The van der Waals surface area contributed by atoms with Gasteiger partial charge in [0.25, 0.3) is 11.8 Å². The number of carbonyl (C=O) groups is 3. The highest BCUT2D eigenvalue weighted by Gasteiger charge is 2.35. The number of aryl methyl sites for hydroxylation is 1. The largest absolute Gasteiger partial charge is 0.444 e. The lowest BCUT2D eigenvalue weighted by atomic mass is 9.91. The molecule has 0 spiro atoms. The Hall–Kier alpha value is -4.17. The van der Waals surface area contributed by atoms with Crippen molar-refractivity contribution in [1.29, 1.82) is 0 Å². The van der Waals surface area contributed by atoms with Crippen molar-refractivity contribution in [2.45, 2.75) is 52.3 Å². The molecule has 0 saturated heterocycles. The number of fused-ring (bicyclic) bond motifs is 2. The fraction of sp³-hybridized carbons (Fsp3) is 0.258. The van der Waals surface area contributed by atoms with Crippen LogP contribution < -0.4 is 16.0 Å². The third-order valence-electron chi connectivity index (χ3n) is 6.72. The lowest BCUT2D eigenvalue weighted by molar-refractivity contribution is 0.0507. The Bertz CT molecular complexity index is 1600. The topological polar surface area (TPSA) is 96.5 Å². The summed E-state index contributed by atoms with van der Waals surface area (Å²) in [5, 5.41) is 11.7. The van der Waals surface area contributed by atoms with E-state index in [9.17, 15) is 14.4 Å². The maximum absolute atomic E-state index is 13.6. The first-order chi connectivity index (χ1) is 18.5. The highest BCUT2D eigenvalue weighted by Crippen LogP contribution is 2.40. The van der Waals surface area contributed by atoms with Crippen LogP contribution in [0.15, 0.2) is 66.0 Å². The summed E-state index contributed by atoms with van der Waals surface area (Å²) in [5.41, 5.74) is 4.26. The highest BCUT2D eigenvalue weighted by molar-refractivity contribution is 7.17. The van der Waals surface area contributed by atoms with Crippen molar-refractivity contribution in [3.8, 4) is 0 Å². The molecule has 1 aromatic heterocycles. The van der Waals surface area contributed by atoms with Crippen LogP contribution in [-0.4, -0.2) is 23.5 Å². The minimum absolute atomic E-state index is 0.235. The second kappa shape index (κ2) is 10.2. The summed E-state index contributed by atoms with van der Waals surface area (Å²) in [5.74, 6) is -0.497. The molecule has 0 radical (unpaired) electrons. The number of anilines is 1. The van der Waals surface area contributed by atoms with Gasteiger partial charge in [-0.2, -0.15) is 0 Å². The lowest BCUT2D eigenvalue weighted by Gasteiger charge is -2.23. The summed E-state index contributed by atoms with van der Waals surface area (Å²) >= 11 is 1.51. The van der Waals surface area contributed by atoms with E-state index in [0.29, 0.717) is 27.9 Å².